The first kappa shape index (κ1) is 16.7. The summed E-state index contributed by atoms with van der Waals surface area (Å²) < 4.78 is 0.959. The Bertz CT molecular complexity index is 508. The minimum atomic E-state index is -0.118. The molecule has 0 aliphatic carbocycles. The van der Waals surface area contributed by atoms with E-state index in [-0.39, 0.29) is 11.8 Å². The van der Waals surface area contributed by atoms with Crippen molar-refractivity contribution in [3.63, 3.8) is 0 Å². The Morgan fingerprint density at radius 1 is 0.950 bits per heavy atom. The van der Waals surface area contributed by atoms with E-state index in [4.69, 9.17) is 0 Å². The van der Waals surface area contributed by atoms with Gasteiger partial charge in [0.1, 0.15) is 0 Å². The van der Waals surface area contributed by atoms with Crippen molar-refractivity contribution in [3.8, 4) is 0 Å². The fourth-order valence-corrected chi connectivity index (χ4v) is 3.29. The average Bonchev–Trinajstić information content (AvgIpc) is 2.35. The molecule has 0 unspecified atom stereocenters. The predicted octanol–water partition coefficient (Wildman–Crippen LogP) is 3.80. The molecule has 0 saturated carbocycles. The summed E-state index contributed by atoms with van der Waals surface area (Å²) in [5.41, 5.74) is 4.58. The molecule has 0 atom stereocenters. The molecule has 2 N–H and O–H groups in total. The second kappa shape index (κ2) is 6.88. The maximum Gasteiger partial charge on any atom is 0.221 e. The van der Waals surface area contributed by atoms with Gasteiger partial charge in [-0.25, -0.2) is 0 Å². The van der Waals surface area contributed by atoms with Crippen molar-refractivity contribution in [2.24, 2.45) is 0 Å². The maximum absolute atomic E-state index is 11.4. The largest absolute Gasteiger partial charge is 0.326 e. The highest BCUT2D eigenvalue weighted by Gasteiger charge is 2.19. The van der Waals surface area contributed by atoms with Gasteiger partial charge >= 0.3 is 0 Å². The summed E-state index contributed by atoms with van der Waals surface area (Å²) in [4.78, 5) is 22.8. The fourth-order valence-electron chi connectivity index (χ4n) is 2.33. The van der Waals surface area contributed by atoms with Crippen LogP contribution in [0.4, 0.5) is 11.4 Å². The highest BCUT2D eigenvalue weighted by molar-refractivity contribution is 9.10. The molecule has 0 bridgehead atoms. The summed E-state index contributed by atoms with van der Waals surface area (Å²) in [6, 6.07) is 0. The highest BCUT2D eigenvalue weighted by atomic mass is 79.9. The average molecular weight is 341 g/mol. The molecule has 0 heterocycles. The van der Waals surface area contributed by atoms with Gasteiger partial charge in [-0.2, -0.15) is 0 Å². The lowest BCUT2D eigenvalue weighted by Gasteiger charge is -2.22. The van der Waals surface area contributed by atoms with E-state index >= 15 is 0 Å². The van der Waals surface area contributed by atoms with Crippen molar-refractivity contribution in [2.75, 3.05) is 10.6 Å². The molecule has 5 heteroatoms. The molecule has 4 nitrogen and oxygen atoms in total. The molecular formula is C15H21BrN2O2. The van der Waals surface area contributed by atoms with Gasteiger partial charge < -0.3 is 10.6 Å². The normalized spacial score (nSPS) is 10.3. The minimum absolute atomic E-state index is 0.118. The van der Waals surface area contributed by atoms with Crippen LogP contribution in [0, 0.1) is 6.92 Å². The Balaban J connectivity index is 3.62. The second-order valence-electron chi connectivity index (χ2n) is 4.72. The molecule has 1 rings (SSSR count). The van der Waals surface area contributed by atoms with Gasteiger partial charge in [0.15, 0.2) is 0 Å². The van der Waals surface area contributed by atoms with E-state index in [0.717, 1.165) is 45.4 Å². The lowest BCUT2D eigenvalue weighted by molar-refractivity contribution is -0.115. The summed E-state index contributed by atoms with van der Waals surface area (Å²) in [6.45, 7) is 8.98. The zero-order chi connectivity index (χ0) is 15.4. The van der Waals surface area contributed by atoms with E-state index in [1.54, 1.807) is 0 Å². The molecule has 20 heavy (non-hydrogen) atoms. The zero-order valence-electron chi connectivity index (χ0n) is 12.6. The number of nitrogens with one attached hydrogen (secondary N) is 2. The monoisotopic (exact) mass is 340 g/mol. The summed E-state index contributed by atoms with van der Waals surface area (Å²) in [5.74, 6) is -0.236. The van der Waals surface area contributed by atoms with Gasteiger partial charge in [-0.15, -0.1) is 0 Å². The van der Waals surface area contributed by atoms with Crippen molar-refractivity contribution in [1.82, 2.24) is 0 Å². The third-order valence-electron chi connectivity index (χ3n) is 3.19. The molecule has 0 aliphatic heterocycles. The quantitative estimate of drug-likeness (QED) is 0.875. The second-order valence-corrected chi connectivity index (χ2v) is 5.51. The van der Waals surface area contributed by atoms with Crippen LogP contribution in [0.3, 0.4) is 0 Å². The summed E-state index contributed by atoms with van der Waals surface area (Å²) >= 11 is 3.61. The van der Waals surface area contributed by atoms with Crippen LogP contribution < -0.4 is 10.6 Å². The number of rotatable bonds is 4. The van der Waals surface area contributed by atoms with Gasteiger partial charge in [-0.3, -0.25) is 9.59 Å². The van der Waals surface area contributed by atoms with Crippen LogP contribution in [0.2, 0.25) is 0 Å². The Labute approximate surface area is 128 Å². The highest BCUT2D eigenvalue weighted by Crippen LogP contribution is 2.39. The SMILES string of the molecule is CCc1c(Br)c(CC)c(NC(C)=O)c(C)c1NC(C)=O. The van der Waals surface area contributed by atoms with E-state index in [1.807, 2.05) is 20.8 Å². The molecule has 110 valence electrons. The van der Waals surface area contributed by atoms with Crippen molar-refractivity contribution in [2.45, 2.75) is 47.5 Å². The van der Waals surface area contributed by atoms with Gasteiger partial charge in [0.05, 0.1) is 11.4 Å². The lowest BCUT2D eigenvalue weighted by atomic mass is 9.97. The third-order valence-corrected chi connectivity index (χ3v) is 4.15. The van der Waals surface area contributed by atoms with E-state index < -0.39 is 0 Å². The van der Waals surface area contributed by atoms with E-state index in [0.29, 0.717) is 0 Å². The van der Waals surface area contributed by atoms with Crippen molar-refractivity contribution in [3.05, 3.63) is 21.2 Å². The van der Waals surface area contributed by atoms with E-state index in [1.165, 1.54) is 13.8 Å². The van der Waals surface area contributed by atoms with E-state index in [9.17, 15) is 9.59 Å². The Kier molecular flexibility index (Phi) is 5.74. The van der Waals surface area contributed by atoms with Gasteiger partial charge in [0, 0.05) is 18.3 Å². The van der Waals surface area contributed by atoms with Crippen LogP contribution >= 0.6 is 15.9 Å². The van der Waals surface area contributed by atoms with Crippen molar-refractivity contribution >= 4 is 39.1 Å². The predicted molar refractivity (Wildman–Crippen MR) is 86.2 cm³/mol. The molecular weight excluding hydrogens is 320 g/mol. The van der Waals surface area contributed by atoms with E-state index in [2.05, 4.69) is 26.6 Å². The molecule has 0 saturated heterocycles. The Morgan fingerprint density at radius 2 is 1.30 bits per heavy atom. The Hall–Kier alpha value is -1.36. The fraction of sp³-hybridized carbons (Fsp3) is 0.467. The van der Waals surface area contributed by atoms with Crippen LogP contribution in [0.1, 0.15) is 44.4 Å². The topological polar surface area (TPSA) is 58.2 Å². The number of hydrogen-bond acceptors (Lipinski definition) is 2. The van der Waals surface area contributed by atoms with Gasteiger partial charge in [0.2, 0.25) is 11.8 Å². The van der Waals surface area contributed by atoms with Gasteiger partial charge in [-0.05, 0) is 36.5 Å². The molecule has 0 radical (unpaired) electrons. The van der Waals surface area contributed by atoms with Gasteiger partial charge in [0.25, 0.3) is 0 Å². The molecule has 2 amide bonds. The first-order valence-electron chi connectivity index (χ1n) is 6.72. The molecule has 0 aliphatic rings. The maximum atomic E-state index is 11.4. The van der Waals surface area contributed by atoms with Crippen LogP contribution in [0.25, 0.3) is 0 Å². The molecule has 0 aromatic heterocycles. The van der Waals surface area contributed by atoms with Crippen LogP contribution in [-0.4, -0.2) is 11.8 Å². The summed E-state index contributed by atoms with van der Waals surface area (Å²) in [6.07, 6.45) is 1.59. The van der Waals surface area contributed by atoms with Crippen molar-refractivity contribution in [1.29, 1.82) is 0 Å². The number of halogens is 1. The number of hydrogen-bond donors (Lipinski definition) is 2. The number of amides is 2. The molecule has 1 aromatic carbocycles. The molecule has 0 fully saturated rings. The summed E-state index contributed by atoms with van der Waals surface area (Å²) in [5, 5.41) is 5.76. The van der Waals surface area contributed by atoms with Gasteiger partial charge in [-0.1, -0.05) is 29.8 Å². The number of carbonyl (C=O) groups is 2. The molecule has 0 spiro atoms. The van der Waals surface area contributed by atoms with Crippen LogP contribution in [0.15, 0.2) is 4.47 Å². The number of carbonyl (C=O) groups excluding carboxylic acids is 2. The standard InChI is InChI=1S/C15H21BrN2O2/c1-6-11-13(16)12(7-2)15(18-10(5)20)8(3)14(11)17-9(4)19/h6-7H2,1-5H3,(H,17,19)(H,18,20). The lowest BCUT2D eigenvalue weighted by Crippen LogP contribution is -2.15. The number of anilines is 2. The summed E-state index contributed by atoms with van der Waals surface area (Å²) in [7, 11) is 0. The van der Waals surface area contributed by atoms with Crippen molar-refractivity contribution < 1.29 is 9.59 Å². The minimum Gasteiger partial charge on any atom is -0.326 e. The first-order valence-corrected chi connectivity index (χ1v) is 7.51. The van der Waals surface area contributed by atoms with Crippen LogP contribution in [0.5, 0.6) is 0 Å². The number of benzene rings is 1. The van der Waals surface area contributed by atoms with Crippen LogP contribution in [-0.2, 0) is 22.4 Å². The zero-order valence-corrected chi connectivity index (χ0v) is 14.2. The first-order chi connectivity index (χ1) is 9.33. The Morgan fingerprint density at radius 3 is 1.55 bits per heavy atom. The third kappa shape index (κ3) is 3.39. The molecule has 1 aromatic rings. The smallest absolute Gasteiger partial charge is 0.221 e.